The van der Waals surface area contributed by atoms with Crippen LogP contribution in [-0.4, -0.2) is 13.2 Å². The van der Waals surface area contributed by atoms with Crippen molar-refractivity contribution in [3.05, 3.63) is 77.5 Å². The molecular weight excluding hydrogens is 329 g/mol. The monoisotopic (exact) mass is 350 g/mol. The van der Waals surface area contributed by atoms with E-state index in [0.717, 1.165) is 17.3 Å². The molecule has 128 valence electrons. The number of aliphatic hydroxyl groups is 1. The maximum Gasteiger partial charge on any atom is 0.416 e. The van der Waals surface area contributed by atoms with E-state index in [2.05, 4.69) is 31.8 Å². The van der Waals surface area contributed by atoms with Crippen molar-refractivity contribution >= 4 is 13.3 Å². The van der Waals surface area contributed by atoms with E-state index in [0.29, 0.717) is 12.0 Å². The summed E-state index contributed by atoms with van der Waals surface area (Å²) in [5, 5.41) is 12.6. The molecule has 24 heavy (non-hydrogen) atoms. The van der Waals surface area contributed by atoms with Gasteiger partial charge in [0.25, 0.3) is 0 Å². The van der Waals surface area contributed by atoms with Crippen LogP contribution in [0.15, 0.2) is 66.4 Å². The minimum Gasteiger partial charge on any atom is -0.388 e. The van der Waals surface area contributed by atoms with E-state index in [1.807, 2.05) is 18.2 Å². The number of halogens is 3. The number of rotatable bonds is 5. The Balaban J connectivity index is 2.11. The fourth-order valence-electron chi connectivity index (χ4n) is 2.56. The largest absolute Gasteiger partial charge is 0.416 e. The number of aliphatic hydroxyl groups excluding tert-OH is 1. The summed E-state index contributed by atoms with van der Waals surface area (Å²) < 4.78 is 37.8. The van der Waals surface area contributed by atoms with Crippen molar-refractivity contribution < 1.29 is 18.3 Å². The molecule has 0 aliphatic carbocycles. The lowest BCUT2D eigenvalue weighted by molar-refractivity contribution is -0.137. The molecule has 0 unspecified atom stereocenters. The Kier molecular flexibility index (Phi) is 5.35. The Hall–Kier alpha value is -1.85. The van der Waals surface area contributed by atoms with E-state index in [1.165, 1.54) is 17.3 Å². The van der Waals surface area contributed by atoms with Crippen molar-refractivity contribution in [1.82, 2.24) is 0 Å². The van der Waals surface area contributed by atoms with Gasteiger partial charge in [-0.1, -0.05) is 65.9 Å². The van der Waals surface area contributed by atoms with Gasteiger partial charge in [-0.3, -0.25) is 0 Å². The van der Waals surface area contributed by atoms with Crippen LogP contribution in [0.5, 0.6) is 0 Å². The van der Waals surface area contributed by atoms with Gasteiger partial charge in [-0.25, -0.2) is 0 Å². The fraction of sp³-hybridized carbons (Fsp3) is 0.263. The highest BCUT2D eigenvalue weighted by molar-refractivity contribution is 6.95. The summed E-state index contributed by atoms with van der Waals surface area (Å²) in [6, 6.07) is 14.7. The summed E-state index contributed by atoms with van der Waals surface area (Å²) in [7, 11) is -1.95. The van der Waals surface area contributed by atoms with Crippen LogP contribution in [0.1, 0.15) is 23.7 Å². The van der Waals surface area contributed by atoms with Gasteiger partial charge in [0.1, 0.15) is 8.07 Å². The van der Waals surface area contributed by atoms with E-state index in [1.54, 1.807) is 0 Å². The van der Waals surface area contributed by atoms with Gasteiger partial charge in [0.15, 0.2) is 0 Å². The molecule has 0 amide bonds. The molecule has 1 nitrogen and oxygen atoms in total. The molecule has 1 N–H and O–H groups in total. The van der Waals surface area contributed by atoms with Crippen LogP contribution in [0.3, 0.4) is 0 Å². The first-order chi connectivity index (χ1) is 11.1. The summed E-state index contributed by atoms with van der Waals surface area (Å²) >= 11 is 0. The molecular formula is C19H21F3OSi. The Labute approximate surface area is 141 Å². The first-order valence-electron chi connectivity index (χ1n) is 7.71. The number of alkyl halides is 3. The predicted octanol–water partition coefficient (Wildman–Crippen LogP) is 4.84. The van der Waals surface area contributed by atoms with Crippen LogP contribution in [0, 0.1) is 0 Å². The Morgan fingerprint density at radius 1 is 1.04 bits per heavy atom. The molecule has 0 aromatic heterocycles. The Morgan fingerprint density at radius 2 is 1.58 bits per heavy atom. The number of hydrogen-bond acceptors (Lipinski definition) is 1. The zero-order chi connectivity index (χ0) is 18.0. The molecule has 0 fully saturated rings. The second-order valence-electron chi connectivity index (χ2n) is 6.43. The van der Waals surface area contributed by atoms with Crippen molar-refractivity contribution in [3.8, 4) is 0 Å². The van der Waals surface area contributed by atoms with Gasteiger partial charge in [-0.05, 0) is 24.1 Å². The number of hydrogen-bond donors (Lipinski definition) is 1. The van der Waals surface area contributed by atoms with Crippen LogP contribution >= 0.6 is 0 Å². The lowest BCUT2D eigenvalue weighted by Crippen LogP contribution is -2.43. The SMILES string of the molecule is C=C(C[C@H](O)c1ccc(C(F)(F)F)cc1)[Si](C)(C)c1ccccc1. The van der Waals surface area contributed by atoms with Gasteiger partial charge in [0.05, 0.1) is 11.7 Å². The molecule has 0 aliphatic rings. The first kappa shape index (κ1) is 18.5. The molecule has 1 atom stereocenters. The molecule has 0 radical (unpaired) electrons. The highest BCUT2D eigenvalue weighted by Crippen LogP contribution is 2.31. The van der Waals surface area contributed by atoms with Crippen molar-refractivity contribution in [1.29, 1.82) is 0 Å². The Morgan fingerprint density at radius 3 is 2.08 bits per heavy atom. The van der Waals surface area contributed by atoms with Crippen LogP contribution < -0.4 is 5.19 Å². The molecule has 5 heteroatoms. The summed E-state index contributed by atoms with van der Waals surface area (Å²) in [4.78, 5) is 0. The molecule has 2 aromatic rings. The smallest absolute Gasteiger partial charge is 0.388 e. The minimum absolute atomic E-state index is 0.347. The quantitative estimate of drug-likeness (QED) is 0.765. The van der Waals surface area contributed by atoms with Gasteiger partial charge in [0.2, 0.25) is 0 Å². The zero-order valence-electron chi connectivity index (χ0n) is 13.8. The average Bonchev–Trinajstić information content (AvgIpc) is 2.54. The van der Waals surface area contributed by atoms with E-state index in [-0.39, 0.29) is 0 Å². The predicted molar refractivity (Wildman–Crippen MR) is 93.7 cm³/mol. The maximum atomic E-state index is 12.6. The van der Waals surface area contributed by atoms with E-state index in [4.69, 9.17) is 0 Å². The van der Waals surface area contributed by atoms with Gasteiger partial charge in [-0.2, -0.15) is 13.2 Å². The standard InChI is InChI=1S/C19H21F3OSi/c1-14(24(2,3)17-7-5-4-6-8-17)13-18(23)15-9-11-16(12-10-15)19(20,21)22/h4-12,18,23H,1,13H2,2-3H3/t18-/m0/s1. The zero-order valence-corrected chi connectivity index (χ0v) is 14.8. The highest BCUT2D eigenvalue weighted by atomic mass is 28.3. The first-order valence-corrected chi connectivity index (χ1v) is 10.7. The minimum atomic E-state index is -4.37. The van der Waals surface area contributed by atoms with Gasteiger partial charge >= 0.3 is 6.18 Å². The van der Waals surface area contributed by atoms with Gasteiger partial charge in [-0.15, -0.1) is 6.58 Å². The lowest BCUT2D eigenvalue weighted by atomic mass is 10.0. The molecule has 2 rings (SSSR count). The summed E-state index contributed by atoms with van der Waals surface area (Å²) in [6.07, 6.45) is -4.87. The van der Waals surface area contributed by atoms with Crippen LogP contribution in [-0.2, 0) is 6.18 Å². The third-order valence-corrected chi connectivity index (χ3v) is 8.19. The van der Waals surface area contributed by atoms with Crippen LogP contribution in [0.2, 0.25) is 13.1 Å². The van der Waals surface area contributed by atoms with Crippen LogP contribution in [0.4, 0.5) is 13.2 Å². The van der Waals surface area contributed by atoms with E-state index >= 15 is 0 Å². The van der Waals surface area contributed by atoms with Gasteiger partial charge in [0, 0.05) is 0 Å². The molecule has 2 aromatic carbocycles. The average molecular weight is 350 g/mol. The molecule has 0 spiro atoms. The van der Waals surface area contributed by atoms with Crippen molar-refractivity contribution in [2.45, 2.75) is 31.8 Å². The summed E-state index contributed by atoms with van der Waals surface area (Å²) in [6.45, 7) is 8.46. The molecule has 0 aliphatic heterocycles. The topological polar surface area (TPSA) is 20.2 Å². The fourth-order valence-corrected chi connectivity index (χ4v) is 4.70. The maximum absolute atomic E-state index is 12.6. The third kappa shape index (κ3) is 4.16. The van der Waals surface area contributed by atoms with Gasteiger partial charge < -0.3 is 5.11 Å². The van der Waals surface area contributed by atoms with E-state index in [9.17, 15) is 18.3 Å². The second kappa shape index (κ2) is 6.95. The summed E-state index contributed by atoms with van der Waals surface area (Å²) in [5.74, 6) is 0. The normalized spacial score (nSPS) is 13.6. The number of benzene rings is 2. The van der Waals surface area contributed by atoms with Crippen LogP contribution in [0.25, 0.3) is 0 Å². The van der Waals surface area contributed by atoms with E-state index < -0.39 is 25.9 Å². The molecule has 0 saturated heterocycles. The Bertz CT molecular complexity index is 691. The highest BCUT2D eigenvalue weighted by Gasteiger charge is 2.31. The molecule has 0 bridgehead atoms. The van der Waals surface area contributed by atoms with Crippen molar-refractivity contribution in [2.75, 3.05) is 0 Å². The lowest BCUT2D eigenvalue weighted by Gasteiger charge is -2.27. The second-order valence-corrected chi connectivity index (χ2v) is 11.0. The van der Waals surface area contributed by atoms with Crippen molar-refractivity contribution in [2.24, 2.45) is 0 Å². The molecule has 0 saturated carbocycles. The summed E-state index contributed by atoms with van der Waals surface area (Å²) in [5.41, 5.74) is -0.238. The van der Waals surface area contributed by atoms with Crippen molar-refractivity contribution in [3.63, 3.8) is 0 Å². The molecule has 0 heterocycles. The third-order valence-electron chi connectivity index (χ3n) is 4.44.